The van der Waals surface area contributed by atoms with Gasteiger partial charge in [-0.25, -0.2) is 0 Å². The van der Waals surface area contributed by atoms with E-state index in [0.29, 0.717) is 0 Å². The maximum Gasteiger partial charge on any atom is 0.205 e. The lowest BCUT2D eigenvalue weighted by Crippen LogP contribution is -2.27. The van der Waals surface area contributed by atoms with E-state index in [0.717, 1.165) is 47.9 Å². The summed E-state index contributed by atoms with van der Waals surface area (Å²) in [7, 11) is 0. The van der Waals surface area contributed by atoms with Crippen molar-refractivity contribution in [2.75, 3.05) is 0 Å². The number of aliphatic imine (C=N–C) groups is 1. The van der Waals surface area contributed by atoms with Crippen molar-refractivity contribution < 1.29 is 0 Å². The number of aryl methyl sites for hydroxylation is 2. The smallest absolute Gasteiger partial charge is 0.177 e. The van der Waals surface area contributed by atoms with Gasteiger partial charge in [0.05, 0.1) is 5.71 Å². The Balaban J connectivity index is 1.77. The van der Waals surface area contributed by atoms with Gasteiger partial charge >= 0.3 is 0 Å². The Kier molecular flexibility index (Phi) is 3.58. The molecule has 3 aliphatic carbocycles. The van der Waals surface area contributed by atoms with Gasteiger partial charge in [0.15, 0.2) is 0 Å². The third-order valence-electron chi connectivity index (χ3n) is 5.28. The summed E-state index contributed by atoms with van der Waals surface area (Å²) in [6.45, 7) is 0. The molecule has 0 amide bonds. The lowest BCUT2D eigenvalue weighted by Gasteiger charge is -2.26. The first kappa shape index (κ1) is 14.7. The Morgan fingerprint density at radius 1 is 1.13 bits per heavy atom. The molecule has 0 unspecified atom stereocenters. The van der Waals surface area contributed by atoms with Crippen molar-refractivity contribution in [3.63, 3.8) is 0 Å². The highest BCUT2D eigenvalue weighted by molar-refractivity contribution is 9.11. The summed E-state index contributed by atoms with van der Waals surface area (Å²) in [5.74, 6) is 0. The summed E-state index contributed by atoms with van der Waals surface area (Å²) in [5.41, 5.74) is 6.28. The molecular formula is C20H17BrN2. The molecule has 0 atom stereocenters. The number of halogens is 1. The van der Waals surface area contributed by atoms with Crippen molar-refractivity contribution in [1.29, 1.82) is 5.26 Å². The van der Waals surface area contributed by atoms with E-state index in [1.807, 2.05) is 6.19 Å². The van der Waals surface area contributed by atoms with Crippen molar-refractivity contribution in [3.8, 4) is 6.19 Å². The average molecular weight is 365 g/mol. The number of nitrogens with zero attached hydrogens (tertiary/aromatic N) is 2. The predicted octanol–water partition coefficient (Wildman–Crippen LogP) is 5.02. The Bertz CT molecular complexity index is 806. The highest BCUT2D eigenvalue weighted by Gasteiger charge is 2.43. The van der Waals surface area contributed by atoms with Crippen LogP contribution in [0.2, 0.25) is 0 Å². The molecule has 0 aromatic heterocycles. The van der Waals surface area contributed by atoms with E-state index in [2.05, 4.69) is 63.4 Å². The molecular weight excluding hydrogens is 348 g/mol. The Labute approximate surface area is 145 Å². The van der Waals surface area contributed by atoms with Crippen LogP contribution in [0.3, 0.4) is 0 Å². The fraction of sp³-hybridized carbons (Fsp3) is 0.300. The Hall–Kier alpha value is -1.92. The molecule has 0 saturated heterocycles. The summed E-state index contributed by atoms with van der Waals surface area (Å²) in [6, 6.07) is 8.72. The molecule has 3 heteroatoms. The van der Waals surface area contributed by atoms with Gasteiger partial charge < -0.3 is 0 Å². The topological polar surface area (TPSA) is 36.1 Å². The molecule has 2 nitrogen and oxygen atoms in total. The van der Waals surface area contributed by atoms with Crippen LogP contribution >= 0.6 is 15.9 Å². The van der Waals surface area contributed by atoms with Gasteiger partial charge in [-0.15, -0.1) is 0 Å². The number of hydrogen-bond donors (Lipinski definition) is 0. The van der Waals surface area contributed by atoms with Crippen molar-refractivity contribution in [2.45, 2.75) is 32.1 Å². The summed E-state index contributed by atoms with van der Waals surface area (Å²) >= 11 is 3.57. The largest absolute Gasteiger partial charge is 0.205 e. The van der Waals surface area contributed by atoms with Crippen molar-refractivity contribution in [1.82, 2.24) is 0 Å². The first-order chi connectivity index (χ1) is 11.2. The molecule has 1 spiro atoms. The van der Waals surface area contributed by atoms with Crippen LogP contribution in [-0.4, -0.2) is 5.71 Å². The van der Waals surface area contributed by atoms with Gasteiger partial charge in [-0.3, -0.25) is 0 Å². The van der Waals surface area contributed by atoms with Crippen LogP contribution in [0.25, 0.3) is 0 Å². The zero-order valence-electron chi connectivity index (χ0n) is 12.8. The molecule has 0 heterocycles. The lowest BCUT2D eigenvalue weighted by atomic mass is 9.77. The lowest BCUT2D eigenvalue weighted by molar-refractivity contribution is 0.469. The van der Waals surface area contributed by atoms with E-state index in [1.165, 1.54) is 16.7 Å². The second kappa shape index (κ2) is 5.62. The minimum absolute atomic E-state index is 0.0820. The number of rotatable bonds is 0. The van der Waals surface area contributed by atoms with Crippen molar-refractivity contribution >= 4 is 21.6 Å². The van der Waals surface area contributed by atoms with E-state index in [9.17, 15) is 5.26 Å². The molecule has 0 N–H and O–H groups in total. The number of allylic oxidation sites excluding steroid dienone is 6. The third-order valence-corrected chi connectivity index (χ3v) is 5.84. The van der Waals surface area contributed by atoms with E-state index < -0.39 is 0 Å². The summed E-state index contributed by atoms with van der Waals surface area (Å²) in [5, 5.41) is 9.23. The minimum atomic E-state index is -0.0820. The molecule has 114 valence electrons. The fourth-order valence-electron chi connectivity index (χ4n) is 4.12. The van der Waals surface area contributed by atoms with E-state index in [1.54, 1.807) is 0 Å². The normalized spacial score (nSPS) is 23.3. The summed E-state index contributed by atoms with van der Waals surface area (Å²) < 4.78 is 1.09. The number of hydrogen-bond acceptors (Lipinski definition) is 2. The van der Waals surface area contributed by atoms with Crippen molar-refractivity contribution in [2.24, 2.45) is 10.4 Å². The molecule has 0 fully saturated rings. The molecule has 0 aliphatic heterocycles. The number of nitriles is 1. The van der Waals surface area contributed by atoms with Crippen LogP contribution in [0.1, 0.15) is 30.4 Å². The second-order valence-corrected chi connectivity index (χ2v) is 7.42. The average Bonchev–Trinajstić information content (AvgIpc) is 2.73. The quantitative estimate of drug-likeness (QED) is 0.595. The van der Waals surface area contributed by atoms with Crippen LogP contribution in [-0.2, 0) is 12.8 Å². The van der Waals surface area contributed by atoms with Gasteiger partial charge in [0.1, 0.15) is 0 Å². The summed E-state index contributed by atoms with van der Waals surface area (Å²) in [6.07, 6.45) is 13.8. The molecule has 1 aromatic carbocycles. The fourth-order valence-corrected chi connectivity index (χ4v) is 4.51. The zero-order valence-corrected chi connectivity index (χ0v) is 14.4. The third kappa shape index (κ3) is 2.42. The first-order valence-electron chi connectivity index (χ1n) is 8.06. The monoisotopic (exact) mass is 364 g/mol. The molecule has 23 heavy (non-hydrogen) atoms. The molecule has 4 rings (SSSR count). The highest BCUT2D eigenvalue weighted by atomic mass is 79.9. The number of fused-ring (bicyclic) bond motifs is 2. The molecule has 0 saturated carbocycles. The Morgan fingerprint density at radius 2 is 1.83 bits per heavy atom. The van der Waals surface area contributed by atoms with Gasteiger partial charge in [-0.05, 0) is 54.9 Å². The maximum atomic E-state index is 9.23. The second-order valence-electron chi connectivity index (χ2n) is 6.51. The van der Waals surface area contributed by atoms with Crippen LogP contribution in [0.4, 0.5) is 0 Å². The molecule has 0 radical (unpaired) electrons. The SMILES string of the molecule is N#C/N=C1\C2=CC(Br)=CCC2=CC12CCc1ccccc1CC2. The van der Waals surface area contributed by atoms with Gasteiger partial charge in [-0.1, -0.05) is 52.3 Å². The van der Waals surface area contributed by atoms with Crippen LogP contribution in [0.5, 0.6) is 0 Å². The van der Waals surface area contributed by atoms with Crippen LogP contribution in [0.15, 0.2) is 63.1 Å². The highest BCUT2D eigenvalue weighted by Crippen LogP contribution is 2.48. The zero-order chi connectivity index (χ0) is 15.9. The van der Waals surface area contributed by atoms with Gasteiger partial charge in [-0.2, -0.15) is 10.3 Å². The molecule has 0 bridgehead atoms. The number of benzene rings is 1. The van der Waals surface area contributed by atoms with Crippen LogP contribution in [0, 0.1) is 16.9 Å². The van der Waals surface area contributed by atoms with Crippen LogP contribution < -0.4 is 0 Å². The summed E-state index contributed by atoms with van der Waals surface area (Å²) in [4.78, 5) is 4.28. The van der Waals surface area contributed by atoms with Gasteiger partial charge in [0, 0.05) is 15.5 Å². The van der Waals surface area contributed by atoms with Gasteiger partial charge in [0.2, 0.25) is 6.19 Å². The van der Waals surface area contributed by atoms with E-state index >= 15 is 0 Å². The minimum Gasteiger partial charge on any atom is -0.177 e. The van der Waals surface area contributed by atoms with Crippen molar-refractivity contribution in [3.05, 3.63) is 69.2 Å². The standard InChI is InChI=1S/C20H17BrN2/c21-17-6-5-16-12-20(19(23-13-22)18(16)11-17)9-7-14-3-1-2-4-15(14)8-10-20/h1-4,6,11-12H,5,7-10H2/b23-19+. The first-order valence-corrected chi connectivity index (χ1v) is 8.85. The molecule has 3 aliphatic rings. The Morgan fingerprint density at radius 3 is 2.48 bits per heavy atom. The predicted molar refractivity (Wildman–Crippen MR) is 96.4 cm³/mol. The molecule has 1 aromatic rings. The van der Waals surface area contributed by atoms with E-state index in [-0.39, 0.29) is 5.41 Å². The van der Waals surface area contributed by atoms with Gasteiger partial charge in [0.25, 0.3) is 0 Å². The van der Waals surface area contributed by atoms with E-state index in [4.69, 9.17) is 0 Å². The maximum absolute atomic E-state index is 9.23.